The lowest BCUT2D eigenvalue weighted by Crippen LogP contribution is -2.48. The van der Waals surface area contributed by atoms with Crippen molar-refractivity contribution in [3.05, 3.63) is 34.4 Å². The first-order chi connectivity index (χ1) is 32.0. The Labute approximate surface area is 396 Å². The van der Waals surface area contributed by atoms with Crippen molar-refractivity contribution in [3.63, 3.8) is 0 Å². The van der Waals surface area contributed by atoms with Crippen LogP contribution in [0.15, 0.2) is 12.1 Å². The highest BCUT2D eigenvalue weighted by Gasteiger charge is 2.22. The number of nitrogens with one attached hydrogen (secondary N) is 3. The predicted molar refractivity (Wildman–Crippen MR) is 255 cm³/mol. The van der Waals surface area contributed by atoms with Gasteiger partial charge in [0, 0.05) is 91.0 Å². The van der Waals surface area contributed by atoms with Crippen molar-refractivity contribution < 1.29 is 54.0 Å². The van der Waals surface area contributed by atoms with Crippen LogP contribution in [0.3, 0.4) is 0 Å². The number of hydrogen-bond donors (Lipinski definition) is 8. The van der Waals surface area contributed by atoms with Crippen LogP contribution in [0.5, 0.6) is 0 Å². The average Bonchev–Trinajstić information content (AvgIpc) is 3.30. The highest BCUT2D eigenvalue weighted by molar-refractivity contribution is 5.80. The van der Waals surface area contributed by atoms with Crippen LogP contribution in [0.1, 0.15) is 93.4 Å². The molecule has 20 nitrogen and oxygen atoms in total. The largest absolute Gasteiger partial charge is 0.480 e. The monoisotopic (exact) mass is 948 g/mol. The van der Waals surface area contributed by atoms with Gasteiger partial charge in [0.2, 0.25) is 17.7 Å². The van der Waals surface area contributed by atoms with Gasteiger partial charge in [-0.05, 0) is 49.8 Å². The molecule has 1 aliphatic rings. The van der Waals surface area contributed by atoms with Gasteiger partial charge in [-0.15, -0.1) is 0 Å². The Bertz CT molecular complexity index is 1690. The zero-order chi connectivity index (χ0) is 49.6. The van der Waals surface area contributed by atoms with Crippen LogP contribution < -0.4 is 21.7 Å². The maximum atomic E-state index is 13.1. The quantitative estimate of drug-likeness (QED) is 0.0489. The number of benzene rings is 1. The molecule has 1 aromatic rings. The number of carbonyl (C=O) groups excluding carboxylic acids is 3. The summed E-state index contributed by atoms with van der Waals surface area (Å²) in [6.07, 6.45) is 12.0. The molecular weight excluding hydrogens is 867 g/mol. The van der Waals surface area contributed by atoms with Crippen LogP contribution >= 0.6 is 0 Å². The minimum Gasteiger partial charge on any atom is -0.480 e. The van der Waals surface area contributed by atoms with E-state index in [1.807, 2.05) is 31.7 Å². The summed E-state index contributed by atoms with van der Waals surface area (Å²) < 4.78 is 0. The molecule has 3 amide bonds. The molecule has 9 N–H and O–H groups in total. The summed E-state index contributed by atoms with van der Waals surface area (Å²) >= 11 is 0. The van der Waals surface area contributed by atoms with Gasteiger partial charge in [-0.3, -0.25) is 58.1 Å². The molecule has 0 atom stereocenters. The fourth-order valence-corrected chi connectivity index (χ4v) is 8.64. The number of carboxylic acids is 4. The van der Waals surface area contributed by atoms with Gasteiger partial charge >= 0.3 is 23.9 Å². The standard InChI is InChI=1S/C47H81N9O11/c1-4-40-37(3)27-36(2)28-39(40)29-51-42(58)31-56(35-46(65)66)26-24-54(33-44(61)62)22-21-53(32-43(59)60)23-25-55(34-45(63)64)30-41(57)49-16-19-52(18-15-48)20-17-50-47(67)38-13-11-9-7-5-6-8-10-12-14-38/h27-28,38H,4-26,29-35,48H2,1-3H3,(H,49,57)(H,50,67)(H,51,58)(H,59,60)(H,61,62)(H,63,64)(H,65,66). The third-order valence-electron chi connectivity index (χ3n) is 12.1. The van der Waals surface area contributed by atoms with Gasteiger partial charge in [-0.1, -0.05) is 76.0 Å². The normalized spacial score (nSPS) is 14.0. The fraction of sp³-hybridized carbons (Fsp3) is 0.723. The Morgan fingerprint density at radius 3 is 1.40 bits per heavy atom. The van der Waals surface area contributed by atoms with E-state index in [9.17, 15) is 54.0 Å². The molecule has 0 bridgehead atoms. The number of nitrogens with zero attached hydrogens (tertiary/aromatic N) is 5. The minimum atomic E-state index is -1.18. The summed E-state index contributed by atoms with van der Waals surface area (Å²) in [7, 11) is 0. The van der Waals surface area contributed by atoms with Crippen molar-refractivity contribution in [3.8, 4) is 0 Å². The molecule has 1 aliphatic carbocycles. The Morgan fingerprint density at radius 2 is 0.955 bits per heavy atom. The van der Waals surface area contributed by atoms with E-state index in [1.54, 1.807) is 0 Å². The lowest BCUT2D eigenvalue weighted by Gasteiger charge is -2.29. The zero-order valence-corrected chi connectivity index (χ0v) is 40.4. The molecule has 1 fully saturated rings. The van der Waals surface area contributed by atoms with Crippen LogP contribution in [-0.4, -0.2) is 204 Å². The molecule has 67 heavy (non-hydrogen) atoms. The number of aliphatic carboxylic acids is 4. The molecule has 380 valence electrons. The third-order valence-corrected chi connectivity index (χ3v) is 12.1. The minimum absolute atomic E-state index is 0.00922. The molecule has 0 spiro atoms. The second-order valence-corrected chi connectivity index (χ2v) is 17.8. The van der Waals surface area contributed by atoms with E-state index >= 15 is 0 Å². The van der Waals surface area contributed by atoms with Crippen molar-refractivity contribution in [2.24, 2.45) is 11.7 Å². The summed E-state index contributed by atoms with van der Waals surface area (Å²) in [4.78, 5) is 94.2. The van der Waals surface area contributed by atoms with E-state index in [2.05, 4.69) is 22.0 Å². The second-order valence-electron chi connectivity index (χ2n) is 17.8. The molecular formula is C47H81N9O11. The number of aryl methyl sites for hydroxylation is 2. The van der Waals surface area contributed by atoms with Crippen LogP contribution in [0.25, 0.3) is 0 Å². The van der Waals surface area contributed by atoms with E-state index < -0.39 is 61.9 Å². The van der Waals surface area contributed by atoms with E-state index in [4.69, 9.17) is 5.73 Å². The van der Waals surface area contributed by atoms with Gasteiger partial charge in [0.1, 0.15) is 0 Å². The molecule has 20 heteroatoms. The first-order valence-electron chi connectivity index (χ1n) is 24.1. The number of hydrogen-bond acceptors (Lipinski definition) is 13. The molecule has 0 radical (unpaired) electrons. The summed E-state index contributed by atoms with van der Waals surface area (Å²) in [5, 5.41) is 47.4. The highest BCUT2D eigenvalue weighted by Crippen LogP contribution is 2.22. The Hall–Kier alpha value is -4.73. The van der Waals surface area contributed by atoms with Crippen LogP contribution in [-0.2, 0) is 46.5 Å². The number of nitrogens with two attached hydrogens (primary N) is 1. The molecule has 1 aromatic carbocycles. The van der Waals surface area contributed by atoms with Crippen molar-refractivity contribution in [1.29, 1.82) is 0 Å². The lowest BCUT2D eigenvalue weighted by molar-refractivity contribution is -0.141. The third kappa shape index (κ3) is 27.0. The second kappa shape index (κ2) is 33.7. The summed E-state index contributed by atoms with van der Waals surface area (Å²) in [6, 6.07) is 4.08. The number of carboxylic acid groups (broad SMARTS) is 4. The fourth-order valence-electron chi connectivity index (χ4n) is 8.64. The van der Waals surface area contributed by atoms with Gasteiger partial charge < -0.3 is 42.1 Å². The summed E-state index contributed by atoms with van der Waals surface area (Å²) in [5.74, 6) is -5.40. The Kier molecular flexibility index (Phi) is 29.4. The van der Waals surface area contributed by atoms with Gasteiger partial charge in [0.25, 0.3) is 0 Å². The van der Waals surface area contributed by atoms with E-state index in [-0.39, 0.29) is 77.3 Å². The van der Waals surface area contributed by atoms with Crippen molar-refractivity contribution in [1.82, 2.24) is 40.4 Å². The van der Waals surface area contributed by atoms with Gasteiger partial charge in [-0.2, -0.15) is 0 Å². The van der Waals surface area contributed by atoms with Crippen LogP contribution in [0.4, 0.5) is 0 Å². The van der Waals surface area contributed by atoms with Gasteiger partial charge in [-0.25, -0.2) is 0 Å². The molecule has 0 aromatic heterocycles. The topological polar surface area (TPSA) is 279 Å². The SMILES string of the molecule is CCc1c(C)cc(C)cc1CNC(=O)CN(CCN(CCN(CCN(CC(=O)O)CC(=O)NCCN(CCN)CCNC(=O)C1CCCCCCCCCC1)CC(=O)O)CC(=O)O)CC(=O)O. The summed E-state index contributed by atoms with van der Waals surface area (Å²) in [5.41, 5.74) is 10.1. The molecule has 2 rings (SSSR count). The Morgan fingerprint density at radius 1 is 0.537 bits per heavy atom. The van der Waals surface area contributed by atoms with E-state index in [0.29, 0.717) is 32.7 Å². The lowest BCUT2D eigenvalue weighted by atomic mass is 9.94. The summed E-state index contributed by atoms with van der Waals surface area (Å²) in [6.45, 7) is 6.79. The number of carbonyl (C=O) groups is 7. The van der Waals surface area contributed by atoms with Gasteiger partial charge in [0.05, 0.1) is 39.3 Å². The van der Waals surface area contributed by atoms with Crippen molar-refractivity contribution >= 4 is 41.6 Å². The van der Waals surface area contributed by atoms with Crippen molar-refractivity contribution in [2.75, 3.05) is 118 Å². The van der Waals surface area contributed by atoms with Gasteiger partial charge in [0.15, 0.2) is 0 Å². The molecule has 0 heterocycles. The zero-order valence-electron chi connectivity index (χ0n) is 40.4. The number of rotatable bonds is 33. The molecule has 1 saturated carbocycles. The first kappa shape index (κ1) is 58.4. The Balaban J connectivity index is 1.94. The van der Waals surface area contributed by atoms with Crippen LogP contribution in [0, 0.1) is 19.8 Å². The van der Waals surface area contributed by atoms with Crippen LogP contribution in [0.2, 0.25) is 0 Å². The molecule has 0 aliphatic heterocycles. The van der Waals surface area contributed by atoms with Crippen molar-refractivity contribution in [2.45, 2.75) is 97.9 Å². The first-order valence-corrected chi connectivity index (χ1v) is 24.1. The maximum Gasteiger partial charge on any atom is 0.317 e. The average molecular weight is 948 g/mol. The smallest absolute Gasteiger partial charge is 0.317 e. The predicted octanol–water partition coefficient (Wildman–Crippen LogP) is 1.05. The number of amides is 3. The maximum absolute atomic E-state index is 13.1. The van der Waals surface area contributed by atoms with E-state index in [0.717, 1.165) is 67.2 Å². The van der Waals surface area contributed by atoms with E-state index in [1.165, 1.54) is 45.3 Å². The molecule has 0 unspecified atom stereocenters. The highest BCUT2D eigenvalue weighted by atomic mass is 16.4. The molecule has 0 saturated heterocycles.